The van der Waals surface area contributed by atoms with Crippen molar-refractivity contribution in [3.05, 3.63) is 0 Å². The average Bonchev–Trinajstić information content (AvgIpc) is 2.46. The number of guanidine groups is 1. The average molecular weight is 499 g/mol. The Labute approximate surface area is 181 Å². The largest absolute Gasteiger partial charge is 0.444 e. The molecule has 0 aromatic rings. The Kier molecular flexibility index (Phi) is 12.0. The number of hydrogen-bond donors (Lipinski definition) is 4. The van der Waals surface area contributed by atoms with Crippen molar-refractivity contribution in [3.8, 4) is 0 Å². The number of rotatable bonds is 7. The number of hydrogen-bond acceptors (Lipinski definition) is 4. The van der Waals surface area contributed by atoms with Gasteiger partial charge < -0.3 is 26.0 Å². The second kappa shape index (κ2) is 11.6. The molecule has 0 unspecified atom stereocenters. The number of halogens is 1. The highest BCUT2D eigenvalue weighted by Crippen LogP contribution is 2.15. The fourth-order valence-electron chi connectivity index (χ4n) is 1.96. The maximum Gasteiger partial charge on any atom is 0.408 e. The Bertz CT molecular complexity index is 514. The summed E-state index contributed by atoms with van der Waals surface area (Å²) in [7, 11) is 1.61. The first-order chi connectivity index (χ1) is 11.7. The zero-order valence-electron chi connectivity index (χ0n) is 18.2. The first-order valence-electron chi connectivity index (χ1n) is 8.98. The normalized spacial score (nSPS) is 12.6. The summed E-state index contributed by atoms with van der Waals surface area (Å²) in [6, 6.07) is 0. The summed E-state index contributed by atoms with van der Waals surface area (Å²) in [5.74, 6) is 0.521. The van der Waals surface area contributed by atoms with Crippen LogP contribution in [0.1, 0.15) is 55.4 Å². The molecular formula is C18H38IN5O3. The van der Waals surface area contributed by atoms with Crippen LogP contribution in [0.25, 0.3) is 0 Å². The molecule has 4 N–H and O–H groups in total. The lowest BCUT2D eigenvalue weighted by atomic mass is 9.93. The highest BCUT2D eigenvalue weighted by molar-refractivity contribution is 14.0. The molecule has 0 rings (SSSR count). The minimum atomic E-state index is -0.610. The molecule has 0 saturated carbocycles. The monoisotopic (exact) mass is 499 g/mol. The molecule has 0 aliphatic carbocycles. The topological polar surface area (TPSA) is 104 Å². The van der Waals surface area contributed by atoms with E-state index >= 15 is 0 Å². The van der Waals surface area contributed by atoms with Crippen LogP contribution in [0.5, 0.6) is 0 Å². The maximum absolute atomic E-state index is 12.0. The Hall–Kier alpha value is -1.26. The predicted molar refractivity (Wildman–Crippen MR) is 121 cm³/mol. The van der Waals surface area contributed by atoms with Crippen molar-refractivity contribution in [1.29, 1.82) is 0 Å². The van der Waals surface area contributed by atoms with Gasteiger partial charge in [-0.25, -0.2) is 4.79 Å². The van der Waals surface area contributed by atoms with E-state index in [4.69, 9.17) is 4.74 Å². The van der Waals surface area contributed by atoms with Gasteiger partial charge in [-0.2, -0.15) is 0 Å². The Morgan fingerprint density at radius 1 is 1.00 bits per heavy atom. The molecule has 0 fully saturated rings. The van der Waals surface area contributed by atoms with Gasteiger partial charge >= 0.3 is 6.09 Å². The Balaban J connectivity index is 0. The molecule has 0 spiro atoms. The van der Waals surface area contributed by atoms with Crippen LogP contribution in [0.2, 0.25) is 0 Å². The zero-order chi connectivity index (χ0) is 20.6. The van der Waals surface area contributed by atoms with E-state index in [1.54, 1.807) is 7.05 Å². The summed E-state index contributed by atoms with van der Waals surface area (Å²) in [5.41, 5.74) is -1.70. The molecule has 0 heterocycles. The van der Waals surface area contributed by atoms with Crippen LogP contribution >= 0.6 is 24.0 Å². The second-order valence-corrected chi connectivity index (χ2v) is 8.52. The van der Waals surface area contributed by atoms with Gasteiger partial charge in [-0.05, 0) is 55.4 Å². The van der Waals surface area contributed by atoms with Crippen LogP contribution in [0.3, 0.4) is 0 Å². The first-order valence-corrected chi connectivity index (χ1v) is 8.98. The van der Waals surface area contributed by atoms with Gasteiger partial charge in [0.25, 0.3) is 0 Å². The summed E-state index contributed by atoms with van der Waals surface area (Å²) in [6.45, 7) is 16.4. The van der Waals surface area contributed by atoms with E-state index in [0.717, 1.165) is 0 Å². The van der Waals surface area contributed by atoms with Crippen molar-refractivity contribution in [2.75, 3.05) is 26.7 Å². The summed E-state index contributed by atoms with van der Waals surface area (Å²) in [5, 5.41) is 11.8. The molecule has 0 aliphatic heterocycles. The molecule has 9 heteroatoms. The van der Waals surface area contributed by atoms with Crippen molar-refractivity contribution in [2.45, 2.75) is 66.5 Å². The molecule has 0 saturated heterocycles. The molecule has 0 bridgehead atoms. The SMILES string of the molecule is CCNC(=NCC(C)(C)C(=O)NC)NCC(C)(C)NC(=O)OC(C)(C)C.I. The minimum Gasteiger partial charge on any atom is -0.444 e. The molecular weight excluding hydrogens is 461 g/mol. The van der Waals surface area contributed by atoms with Gasteiger partial charge in [-0.15, -0.1) is 24.0 Å². The van der Waals surface area contributed by atoms with E-state index in [0.29, 0.717) is 25.6 Å². The highest BCUT2D eigenvalue weighted by Gasteiger charge is 2.27. The number of amides is 2. The zero-order valence-corrected chi connectivity index (χ0v) is 20.5. The van der Waals surface area contributed by atoms with Crippen molar-refractivity contribution in [2.24, 2.45) is 10.4 Å². The lowest BCUT2D eigenvalue weighted by Crippen LogP contribution is -2.54. The van der Waals surface area contributed by atoms with Crippen molar-refractivity contribution in [1.82, 2.24) is 21.3 Å². The van der Waals surface area contributed by atoms with Crippen LogP contribution < -0.4 is 21.3 Å². The van der Waals surface area contributed by atoms with Gasteiger partial charge in [0.2, 0.25) is 5.91 Å². The summed E-state index contributed by atoms with van der Waals surface area (Å²) >= 11 is 0. The van der Waals surface area contributed by atoms with Crippen LogP contribution in [-0.4, -0.2) is 55.8 Å². The molecule has 27 heavy (non-hydrogen) atoms. The summed E-state index contributed by atoms with van der Waals surface area (Å²) in [6.07, 6.45) is -0.466. The number of aliphatic imine (C=N–C) groups is 1. The van der Waals surface area contributed by atoms with E-state index in [9.17, 15) is 9.59 Å². The number of alkyl carbamates (subject to hydrolysis) is 1. The minimum absolute atomic E-state index is 0. The van der Waals surface area contributed by atoms with Crippen LogP contribution in [-0.2, 0) is 9.53 Å². The van der Waals surface area contributed by atoms with E-state index in [1.807, 2.05) is 55.4 Å². The maximum atomic E-state index is 12.0. The number of nitrogens with zero attached hydrogens (tertiary/aromatic N) is 1. The molecule has 2 amide bonds. The number of carbonyl (C=O) groups excluding carboxylic acids is 2. The number of carbonyl (C=O) groups is 2. The third-order valence-corrected chi connectivity index (χ3v) is 3.36. The van der Waals surface area contributed by atoms with Gasteiger partial charge in [0.05, 0.1) is 17.5 Å². The molecule has 0 radical (unpaired) electrons. The quantitative estimate of drug-likeness (QED) is 0.245. The van der Waals surface area contributed by atoms with Crippen LogP contribution in [0.4, 0.5) is 4.79 Å². The predicted octanol–water partition coefficient (Wildman–Crippen LogP) is 2.23. The van der Waals surface area contributed by atoms with Crippen LogP contribution in [0, 0.1) is 5.41 Å². The number of ether oxygens (including phenoxy) is 1. The highest BCUT2D eigenvalue weighted by atomic mass is 127. The van der Waals surface area contributed by atoms with Crippen molar-refractivity contribution >= 4 is 41.9 Å². The molecule has 0 atom stereocenters. The van der Waals surface area contributed by atoms with E-state index < -0.39 is 22.6 Å². The van der Waals surface area contributed by atoms with E-state index in [1.165, 1.54) is 0 Å². The fourth-order valence-corrected chi connectivity index (χ4v) is 1.96. The molecule has 160 valence electrons. The van der Waals surface area contributed by atoms with Gasteiger partial charge in [0.15, 0.2) is 5.96 Å². The molecule has 0 aromatic heterocycles. The smallest absolute Gasteiger partial charge is 0.408 e. The van der Waals surface area contributed by atoms with Gasteiger partial charge in [0.1, 0.15) is 5.60 Å². The van der Waals surface area contributed by atoms with Gasteiger partial charge in [0, 0.05) is 20.1 Å². The summed E-state index contributed by atoms with van der Waals surface area (Å²) in [4.78, 5) is 28.3. The Morgan fingerprint density at radius 3 is 2.00 bits per heavy atom. The second-order valence-electron chi connectivity index (χ2n) is 8.52. The third kappa shape index (κ3) is 12.7. The van der Waals surface area contributed by atoms with Gasteiger partial charge in [-0.3, -0.25) is 9.79 Å². The fraction of sp³-hybridized carbons (Fsp3) is 0.833. The van der Waals surface area contributed by atoms with E-state index in [-0.39, 0.29) is 29.9 Å². The number of nitrogens with one attached hydrogen (secondary N) is 4. The molecule has 8 nitrogen and oxygen atoms in total. The standard InChI is InChI=1S/C18H37N5O3.HI/c1-10-20-14(21-11-17(5,6)13(24)19-9)22-12-18(7,8)23-15(25)26-16(2,3)4;/h10-12H2,1-9H3,(H,19,24)(H,23,25)(H2,20,21,22);1H. The van der Waals surface area contributed by atoms with E-state index in [2.05, 4.69) is 26.3 Å². The first kappa shape index (κ1) is 28.0. The molecule has 0 aliphatic rings. The lowest BCUT2D eigenvalue weighted by molar-refractivity contribution is -0.128. The van der Waals surface area contributed by atoms with Crippen LogP contribution in [0.15, 0.2) is 4.99 Å². The van der Waals surface area contributed by atoms with Gasteiger partial charge in [-0.1, -0.05) is 0 Å². The third-order valence-electron chi connectivity index (χ3n) is 3.36. The van der Waals surface area contributed by atoms with Crippen molar-refractivity contribution < 1.29 is 14.3 Å². The molecule has 0 aromatic carbocycles. The van der Waals surface area contributed by atoms with Crippen molar-refractivity contribution in [3.63, 3.8) is 0 Å². The lowest BCUT2D eigenvalue weighted by Gasteiger charge is -2.29. The Morgan fingerprint density at radius 2 is 1.56 bits per heavy atom. The summed E-state index contributed by atoms with van der Waals surface area (Å²) < 4.78 is 5.29.